The SMILES string of the molecule is COC(=O)C1=C(C(=O)OC)[C@@H]2C=C[C@H]1[C@H]1[C@@H]3ON=C(c4c(Cl)cccc4Cl)[C@@H]3[C@H]12.[C-]#[O+].[C-]#[O+].[C-]#[O+].[Fe]. The van der Waals surface area contributed by atoms with Crippen molar-refractivity contribution < 1.29 is 54.9 Å². The van der Waals surface area contributed by atoms with Gasteiger partial charge in [0, 0.05) is 46.3 Å². The van der Waals surface area contributed by atoms with Gasteiger partial charge >= 0.3 is 45.8 Å². The van der Waals surface area contributed by atoms with Gasteiger partial charge in [-0.05, 0) is 18.1 Å². The molecule has 4 aliphatic carbocycles. The number of benzene rings is 1. The Balaban J connectivity index is 0.000000864. The van der Waals surface area contributed by atoms with Gasteiger partial charge in [-0.15, -0.1) is 0 Å². The molecule has 1 fully saturated rings. The van der Waals surface area contributed by atoms with Crippen LogP contribution < -0.4 is 0 Å². The van der Waals surface area contributed by atoms with Crippen LogP contribution in [0.1, 0.15) is 5.56 Å². The van der Waals surface area contributed by atoms with Crippen molar-refractivity contribution in [3.8, 4) is 0 Å². The molecule has 6 rings (SSSR count). The van der Waals surface area contributed by atoms with Crippen molar-refractivity contribution >= 4 is 40.9 Å². The molecule has 188 valence electrons. The molecule has 0 aromatic heterocycles. The Hall–Kier alpha value is -2.57. The van der Waals surface area contributed by atoms with Gasteiger partial charge in [-0.2, -0.15) is 0 Å². The van der Waals surface area contributed by atoms with Crippen LogP contribution in [-0.4, -0.2) is 38.0 Å². The summed E-state index contributed by atoms with van der Waals surface area (Å²) in [5.41, 5.74) is 2.07. The first-order valence-corrected chi connectivity index (χ1v) is 10.6. The summed E-state index contributed by atoms with van der Waals surface area (Å²) in [6.07, 6.45) is 3.73. The predicted molar refractivity (Wildman–Crippen MR) is 117 cm³/mol. The minimum atomic E-state index is -0.514. The van der Waals surface area contributed by atoms with Gasteiger partial charge in [-0.25, -0.2) is 9.59 Å². The van der Waals surface area contributed by atoms with Crippen LogP contribution in [0.25, 0.3) is 0 Å². The number of halogens is 2. The van der Waals surface area contributed by atoms with E-state index in [1.807, 2.05) is 12.2 Å². The summed E-state index contributed by atoms with van der Waals surface area (Å²) in [4.78, 5) is 30.9. The monoisotopic (exact) mass is 573 g/mol. The number of hydrogen-bond acceptors (Lipinski definition) is 6. The number of nitrogens with zero attached hydrogens (tertiary/aromatic N) is 1. The summed E-state index contributed by atoms with van der Waals surface area (Å²) < 4.78 is 32.5. The Kier molecular flexibility index (Phi) is 11.9. The quantitative estimate of drug-likeness (QED) is 0.180. The topological polar surface area (TPSA) is 134 Å². The summed E-state index contributed by atoms with van der Waals surface area (Å²) in [5.74, 6) is -1.63. The smallest absolute Gasteiger partial charge is 0 e. The molecular formula is C24H17Cl2FeNO8. The Morgan fingerprint density at radius 1 is 0.889 bits per heavy atom. The molecule has 1 heterocycles. The number of fused-ring (bicyclic) bond motifs is 1. The number of carbonyl (C=O) groups is 2. The third-order valence-electron chi connectivity index (χ3n) is 6.52. The molecule has 36 heavy (non-hydrogen) atoms. The van der Waals surface area contributed by atoms with E-state index in [-0.39, 0.29) is 52.8 Å². The molecule has 2 bridgehead atoms. The second-order valence-electron chi connectivity index (χ2n) is 7.57. The second kappa shape index (κ2) is 13.7. The van der Waals surface area contributed by atoms with Gasteiger partial charge in [0.2, 0.25) is 0 Å². The minimum Gasteiger partial charge on any atom is 0 e. The molecule has 0 amide bonds. The van der Waals surface area contributed by atoms with Crippen molar-refractivity contribution in [3.63, 3.8) is 0 Å². The van der Waals surface area contributed by atoms with E-state index in [1.54, 1.807) is 18.2 Å². The summed E-state index contributed by atoms with van der Waals surface area (Å²) in [6.45, 7) is 13.5. The first-order chi connectivity index (χ1) is 17.0. The normalized spacial score (nSPS) is 27.0. The fraction of sp³-hybridized carbons (Fsp3) is 0.333. The van der Waals surface area contributed by atoms with E-state index >= 15 is 0 Å². The molecule has 1 aromatic rings. The van der Waals surface area contributed by atoms with Gasteiger partial charge in [0.1, 0.15) is 6.10 Å². The number of ether oxygens (including phenoxy) is 2. The standard InChI is InChI=1S/C21H17Cl2NO5.3CO.Fe/c1-27-20(25)14-8-6-7-9(15(14)21(26)28-2)13-12(8)17-18(24-29-19(13)17)16-10(22)4-3-5-11(16)23;3*1-2;/h3-9,12-13,17,19H,1-2H3;;;;/t8-,9+,12+,13-,17+,19+;;;;/m1..../s1. The molecule has 12 heteroatoms. The maximum atomic E-state index is 12.6. The molecule has 1 saturated carbocycles. The molecule has 1 aromatic carbocycles. The molecule has 9 nitrogen and oxygen atoms in total. The molecule has 6 atom stereocenters. The Morgan fingerprint density at radius 2 is 1.33 bits per heavy atom. The average molecular weight is 574 g/mol. The van der Waals surface area contributed by atoms with Crippen molar-refractivity contribution in [1.29, 1.82) is 0 Å². The van der Waals surface area contributed by atoms with Gasteiger partial charge < -0.3 is 14.3 Å². The maximum Gasteiger partial charge on any atom is 0 e. The molecule has 0 saturated heterocycles. The van der Waals surface area contributed by atoms with Crippen LogP contribution in [0.15, 0.2) is 46.7 Å². The first kappa shape index (κ1) is 31.5. The fourth-order valence-corrected chi connectivity index (χ4v) is 6.02. The number of carbonyl (C=O) groups excluding carboxylic acids is 2. The summed E-state index contributed by atoms with van der Waals surface area (Å²) in [7, 11) is 2.62. The molecular weight excluding hydrogens is 557 g/mol. The van der Waals surface area contributed by atoms with E-state index in [0.29, 0.717) is 32.5 Å². The van der Waals surface area contributed by atoms with Gasteiger partial charge in [0.05, 0.1) is 41.1 Å². The zero-order chi connectivity index (χ0) is 26.4. The predicted octanol–water partition coefficient (Wildman–Crippen LogP) is 3.30. The molecule has 1 aliphatic heterocycles. The number of rotatable bonds is 3. The maximum absolute atomic E-state index is 12.6. The van der Waals surface area contributed by atoms with Crippen LogP contribution in [0.5, 0.6) is 0 Å². The minimum absolute atomic E-state index is 0. The van der Waals surface area contributed by atoms with Gasteiger partial charge in [-0.3, -0.25) is 0 Å². The van der Waals surface area contributed by atoms with Crippen molar-refractivity contribution in [2.24, 2.45) is 34.7 Å². The van der Waals surface area contributed by atoms with Gasteiger partial charge in [-0.1, -0.05) is 46.6 Å². The molecule has 0 radical (unpaired) electrons. The third-order valence-corrected chi connectivity index (χ3v) is 7.15. The van der Waals surface area contributed by atoms with E-state index in [4.69, 9.17) is 51.5 Å². The van der Waals surface area contributed by atoms with E-state index < -0.39 is 11.9 Å². The van der Waals surface area contributed by atoms with Crippen LogP contribution in [0.4, 0.5) is 0 Å². The summed E-state index contributed by atoms with van der Waals surface area (Å²) in [5, 5.41) is 5.32. The largest absolute Gasteiger partial charge is 0 e. The van der Waals surface area contributed by atoms with Crippen LogP contribution in [-0.2, 0) is 54.9 Å². The van der Waals surface area contributed by atoms with Crippen molar-refractivity contribution in [2.75, 3.05) is 14.2 Å². The van der Waals surface area contributed by atoms with E-state index in [1.165, 1.54) is 14.2 Å². The van der Waals surface area contributed by atoms with Crippen LogP contribution >= 0.6 is 23.2 Å². The van der Waals surface area contributed by atoms with Crippen LogP contribution in [0, 0.1) is 49.5 Å². The number of allylic oxidation sites excluding steroid dienone is 2. The van der Waals surface area contributed by atoms with Crippen molar-refractivity contribution in [1.82, 2.24) is 0 Å². The zero-order valence-electron chi connectivity index (χ0n) is 18.7. The van der Waals surface area contributed by atoms with Crippen molar-refractivity contribution in [3.05, 3.63) is 77.1 Å². The number of oxime groups is 1. The van der Waals surface area contributed by atoms with Gasteiger partial charge in [0.25, 0.3) is 0 Å². The Morgan fingerprint density at radius 3 is 1.78 bits per heavy atom. The van der Waals surface area contributed by atoms with Crippen molar-refractivity contribution in [2.45, 2.75) is 6.10 Å². The zero-order valence-corrected chi connectivity index (χ0v) is 21.3. The Labute approximate surface area is 227 Å². The molecule has 0 N–H and O–H groups in total. The molecule has 5 aliphatic rings. The molecule has 0 spiro atoms. The van der Waals surface area contributed by atoms with E-state index in [0.717, 1.165) is 0 Å². The first-order valence-electron chi connectivity index (χ1n) is 9.88. The third kappa shape index (κ3) is 4.85. The second-order valence-corrected chi connectivity index (χ2v) is 8.39. The van der Waals surface area contributed by atoms with Crippen LogP contribution in [0.2, 0.25) is 10.0 Å². The number of esters is 2. The van der Waals surface area contributed by atoms with E-state index in [9.17, 15) is 9.59 Å². The summed E-state index contributed by atoms with van der Waals surface area (Å²) >= 11 is 12.8. The van der Waals surface area contributed by atoms with Gasteiger partial charge in [0.15, 0.2) is 0 Å². The van der Waals surface area contributed by atoms with E-state index in [2.05, 4.69) is 25.1 Å². The molecule has 0 unspecified atom stereocenters. The summed E-state index contributed by atoms with van der Waals surface area (Å²) in [6, 6.07) is 5.30. The number of methoxy groups -OCH3 is 2. The number of hydrogen-bond donors (Lipinski definition) is 0. The fourth-order valence-electron chi connectivity index (χ4n) is 5.43. The Bertz CT molecular complexity index is 1140. The average Bonchev–Trinajstić information content (AvgIpc) is 3.26. The van der Waals surface area contributed by atoms with Crippen LogP contribution in [0.3, 0.4) is 0 Å².